The van der Waals surface area contributed by atoms with Gasteiger partial charge in [0.25, 0.3) is 0 Å². The molecular formula is C47H56FeN2P2Si-6. The molecule has 0 radical (unpaired) electrons. The van der Waals surface area contributed by atoms with Gasteiger partial charge < -0.3 is 30.3 Å². The second kappa shape index (κ2) is 15.2. The minimum Gasteiger partial charge on any atom is -0.748 e. The van der Waals surface area contributed by atoms with E-state index in [0.29, 0.717) is 5.16 Å². The number of hydrogen-bond donors (Lipinski definition) is 0. The number of aromatic nitrogens is 2. The predicted molar refractivity (Wildman–Crippen MR) is 231 cm³/mol. The van der Waals surface area contributed by atoms with Crippen molar-refractivity contribution in [3.63, 3.8) is 0 Å². The van der Waals surface area contributed by atoms with Gasteiger partial charge in [-0.2, -0.15) is 6.07 Å². The van der Waals surface area contributed by atoms with Crippen molar-refractivity contribution in [3.8, 4) is 0 Å². The Morgan fingerprint density at radius 1 is 0.717 bits per heavy atom. The third-order valence-corrected chi connectivity index (χ3v) is 19.5. The summed E-state index contributed by atoms with van der Waals surface area (Å²) in [7, 11) is 1.49. The normalized spacial score (nSPS) is 23.0. The van der Waals surface area contributed by atoms with Gasteiger partial charge >= 0.3 is 0 Å². The molecule has 2 unspecified atom stereocenters. The van der Waals surface area contributed by atoms with Crippen LogP contribution in [-0.4, -0.2) is 28.9 Å². The molecule has 2 heterocycles. The van der Waals surface area contributed by atoms with E-state index in [-0.39, 0.29) is 25.0 Å². The number of para-hydroxylation sites is 2. The van der Waals surface area contributed by atoms with E-state index in [0.717, 1.165) is 51.8 Å². The molecule has 4 saturated carbocycles. The van der Waals surface area contributed by atoms with Crippen LogP contribution in [0.5, 0.6) is 0 Å². The first-order valence-electron chi connectivity index (χ1n) is 19.6. The molecule has 4 aliphatic carbocycles. The topological polar surface area (TPSA) is 25.8 Å². The van der Waals surface area contributed by atoms with Crippen LogP contribution in [-0.2, 0) is 28.4 Å². The summed E-state index contributed by atoms with van der Waals surface area (Å²) in [5.41, 5.74) is 8.07. The Kier molecular flexibility index (Phi) is 11.2. The molecule has 6 aromatic rings. The summed E-state index contributed by atoms with van der Waals surface area (Å²) in [6.45, 7) is 15.2. The molecule has 282 valence electrons. The molecule has 4 aromatic carbocycles. The van der Waals surface area contributed by atoms with Crippen molar-refractivity contribution >= 4 is 52.2 Å². The van der Waals surface area contributed by atoms with E-state index in [9.17, 15) is 0 Å². The maximum Gasteiger partial charge on any atom is 0.0710 e. The van der Waals surface area contributed by atoms with E-state index in [2.05, 4.69) is 135 Å². The van der Waals surface area contributed by atoms with Crippen LogP contribution in [0.2, 0.25) is 19.6 Å². The van der Waals surface area contributed by atoms with Gasteiger partial charge in [0, 0.05) is 35.9 Å². The van der Waals surface area contributed by atoms with Gasteiger partial charge in [-0.25, -0.2) is 11.3 Å². The largest absolute Gasteiger partial charge is 0.748 e. The van der Waals surface area contributed by atoms with Crippen LogP contribution in [0.15, 0.2) is 115 Å². The minimum absolute atomic E-state index is 0. The zero-order valence-electron chi connectivity index (χ0n) is 32.4. The third kappa shape index (κ3) is 7.71. The Morgan fingerprint density at radius 3 is 1.64 bits per heavy atom. The molecule has 0 N–H and O–H groups in total. The van der Waals surface area contributed by atoms with Crippen molar-refractivity contribution in [2.45, 2.75) is 94.6 Å². The van der Waals surface area contributed by atoms with Gasteiger partial charge in [-0.1, -0.05) is 95.1 Å². The smallest absolute Gasteiger partial charge is 0.0710 e. The summed E-state index contributed by atoms with van der Waals surface area (Å²) in [6.07, 6.45) is 8.70. The van der Waals surface area contributed by atoms with E-state index in [1.54, 1.807) is 10.8 Å². The van der Waals surface area contributed by atoms with Crippen LogP contribution in [0.1, 0.15) is 75.4 Å². The zero-order chi connectivity index (χ0) is 36.3. The van der Waals surface area contributed by atoms with Crippen LogP contribution >= 0.6 is 17.2 Å². The average Bonchev–Trinajstić information content (AvgIpc) is 3.84. The summed E-state index contributed by atoms with van der Waals surface area (Å²) in [4.78, 5) is 10.9. The molecule has 2 aromatic heterocycles. The van der Waals surface area contributed by atoms with E-state index in [1.165, 1.54) is 54.6 Å². The number of pyridine rings is 2. The van der Waals surface area contributed by atoms with Crippen molar-refractivity contribution < 1.29 is 17.1 Å². The Hall–Kier alpha value is -2.44. The van der Waals surface area contributed by atoms with Crippen LogP contribution in [0.25, 0.3) is 21.8 Å². The summed E-state index contributed by atoms with van der Waals surface area (Å²) in [5, 5.41) is 3.65. The number of nitrogens with zero attached hydrogens (tertiary/aromatic N) is 2. The summed E-state index contributed by atoms with van der Waals surface area (Å²) >= 11 is 0. The molecule has 4 bridgehead atoms. The van der Waals surface area contributed by atoms with Crippen molar-refractivity contribution in [1.82, 2.24) is 9.97 Å². The molecule has 0 spiro atoms. The molecule has 6 heteroatoms. The Labute approximate surface area is 333 Å². The van der Waals surface area contributed by atoms with Crippen molar-refractivity contribution in [2.24, 2.45) is 23.7 Å². The summed E-state index contributed by atoms with van der Waals surface area (Å²) < 4.78 is 0. The molecule has 10 rings (SSSR count). The number of hydrogen-bond acceptors (Lipinski definition) is 2. The first-order valence-corrected chi connectivity index (χ1v) is 25.3. The average molecular weight is 795 g/mol. The number of rotatable bonds is 7. The van der Waals surface area contributed by atoms with E-state index in [4.69, 9.17) is 9.97 Å². The van der Waals surface area contributed by atoms with E-state index < -0.39 is 13.2 Å². The SMILES string of the molecule is CC(C)(C)P(C[c-]1cc([Si](C)(C)C)cc1C(P)(c1ccc2ccccc2n1)c1ccc2ccccc2n1)C1C2CC3CC(C2)CC1C3.[Fe].[cH-]1[cH-][cH-][cH-][cH-]1. The third-order valence-electron chi connectivity index (χ3n) is 12.6. The standard InChI is InChI=1S/C42H51N2P2Si.C5H5.Fe/c1-41(2,3)46(40-31-20-27-19-28(22-31)23-32(40)21-27)26-33-24-34(47(4,5)6)25-35(33)42(45,38-17-15-29-11-7-9-13-36(29)43-38)39-18-16-30-12-8-10-14-37(30)44-39;1-2-4-5-3-1;/h7-18,24-25,27-28,31-32,40H,19-23,26,45H2,1-6H3;1-5H;/q-1;-5;. The van der Waals surface area contributed by atoms with Crippen LogP contribution in [0.3, 0.4) is 0 Å². The van der Waals surface area contributed by atoms with E-state index in [1.807, 2.05) is 30.3 Å². The second-order valence-corrected chi connectivity index (χ2v) is 27.3. The van der Waals surface area contributed by atoms with Crippen LogP contribution in [0.4, 0.5) is 0 Å². The fourth-order valence-corrected chi connectivity index (χ4v) is 15.7. The summed E-state index contributed by atoms with van der Waals surface area (Å²) in [5.74, 6) is 3.90. The Morgan fingerprint density at radius 2 is 1.19 bits per heavy atom. The summed E-state index contributed by atoms with van der Waals surface area (Å²) in [6, 6.07) is 41.4. The molecule has 0 saturated heterocycles. The molecule has 4 fully saturated rings. The molecule has 4 aliphatic rings. The van der Waals surface area contributed by atoms with Gasteiger partial charge in [0.2, 0.25) is 0 Å². The number of benzene rings is 2. The monoisotopic (exact) mass is 794 g/mol. The first kappa shape index (κ1) is 38.8. The number of fused-ring (bicyclic) bond motifs is 2. The van der Waals surface area contributed by atoms with Gasteiger partial charge in [-0.15, -0.1) is 28.3 Å². The van der Waals surface area contributed by atoms with E-state index >= 15 is 0 Å². The van der Waals surface area contributed by atoms with Gasteiger partial charge in [0.05, 0.1) is 27.6 Å². The minimum atomic E-state index is -1.62. The molecule has 0 aliphatic heterocycles. The predicted octanol–water partition coefficient (Wildman–Crippen LogP) is 12.2. The van der Waals surface area contributed by atoms with Gasteiger partial charge in [-0.3, -0.25) is 9.97 Å². The Balaban J connectivity index is 0.000000671. The van der Waals surface area contributed by atoms with Gasteiger partial charge in [0.15, 0.2) is 0 Å². The quantitative estimate of drug-likeness (QED) is 0.0914. The first-order chi connectivity index (χ1) is 24.9. The van der Waals surface area contributed by atoms with Crippen molar-refractivity contribution in [1.29, 1.82) is 0 Å². The maximum atomic E-state index is 5.43. The molecule has 2 nitrogen and oxygen atoms in total. The maximum absolute atomic E-state index is 5.43. The molecular weight excluding hydrogens is 738 g/mol. The van der Waals surface area contributed by atoms with Crippen molar-refractivity contribution in [2.75, 3.05) is 0 Å². The van der Waals surface area contributed by atoms with Crippen LogP contribution < -0.4 is 5.19 Å². The molecule has 2 atom stereocenters. The van der Waals surface area contributed by atoms with Gasteiger partial charge in [0.1, 0.15) is 0 Å². The Bertz CT molecular complexity index is 2030. The van der Waals surface area contributed by atoms with Crippen molar-refractivity contribution in [3.05, 3.63) is 138 Å². The molecule has 0 amide bonds. The van der Waals surface area contributed by atoms with Gasteiger partial charge in [-0.05, 0) is 90.9 Å². The second-order valence-electron chi connectivity index (χ2n) is 18.2. The fraction of sp³-hybridized carbons (Fsp3) is 0.404. The molecule has 53 heavy (non-hydrogen) atoms. The fourth-order valence-electron chi connectivity index (χ4n) is 10.2. The zero-order valence-corrected chi connectivity index (χ0v) is 36.5. The van der Waals surface area contributed by atoms with Crippen LogP contribution in [0, 0.1) is 23.7 Å².